The van der Waals surface area contributed by atoms with Crippen molar-refractivity contribution in [2.45, 2.75) is 24.4 Å². The molecule has 0 aromatic heterocycles. The average molecular weight is 471 g/mol. The van der Waals surface area contributed by atoms with Crippen LogP contribution in [-0.2, 0) is 18.9 Å². The van der Waals surface area contributed by atoms with E-state index in [1.807, 2.05) is 6.07 Å². The van der Waals surface area contributed by atoms with Gasteiger partial charge >= 0.3 is 17.9 Å². The van der Waals surface area contributed by atoms with Crippen LogP contribution in [0, 0.1) is 11.3 Å². The van der Waals surface area contributed by atoms with E-state index in [-0.39, 0.29) is 17.7 Å². The summed E-state index contributed by atoms with van der Waals surface area (Å²) in [5, 5.41) is 9.65. The topological polar surface area (TPSA) is 112 Å². The molecule has 0 saturated carbocycles. The monoisotopic (exact) mass is 471 g/mol. The van der Waals surface area contributed by atoms with E-state index in [1.165, 1.54) is 0 Å². The van der Waals surface area contributed by atoms with E-state index in [0.29, 0.717) is 5.56 Å². The number of rotatable bonds is 7. The van der Waals surface area contributed by atoms with Crippen LogP contribution in [0.3, 0.4) is 0 Å². The van der Waals surface area contributed by atoms with Crippen molar-refractivity contribution in [3.63, 3.8) is 0 Å². The van der Waals surface area contributed by atoms with Gasteiger partial charge in [-0.3, -0.25) is 0 Å². The Kier molecular flexibility index (Phi) is 7.50. The zero-order chi connectivity index (χ0) is 24.6. The summed E-state index contributed by atoms with van der Waals surface area (Å²) in [6.45, 7) is -0.321. The van der Waals surface area contributed by atoms with Crippen molar-refractivity contribution < 1.29 is 33.3 Å². The number of nitrogens with zero attached hydrogens (tertiary/aromatic N) is 1. The van der Waals surface area contributed by atoms with Gasteiger partial charge in [-0.25, -0.2) is 14.4 Å². The number of hydrogen-bond donors (Lipinski definition) is 0. The molecule has 176 valence electrons. The molecule has 35 heavy (non-hydrogen) atoms. The Morgan fingerprint density at radius 1 is 0.686 bits per heavy atom. The SMILES string of the molecule is N#C[C@H]1O[C@H](COC(=O)c2ccccc2)[C@@H](OC(=O)c2ccccc2)[C@@H]1OC(=O)c1ccccc1. The third-order valence-corrected chi connectivity index (χ3v) is 5.33. The molecule has 8 heteroatoms. The number of carbonyl (C=O) groups is 3. The van der Waals surface area contributed by atoms with Gasteiger partial charge in [-0.05, 0) is 36.4 Å². The minimum absolute atomic E-state index is 0.260. The van der Waals surface area contributed by atoms with Crippen molar-refractivity contribution in [1.29, 1.82) is 5.26 Å². The molecule has 1 heterocycles. The van der Waals surface area contributed by atoms with Gasteiger partial charge in [0, 0.05) is 0 Å². The van der Waals surface area contributed by atoms with E-state index in [2.05, 4.69) is 0 Å². The molecular weight excluding hydrogens is 450 g/mol. The molecule has 0 spiro atoms. The van der Waals surface area contributed by atoms with Gasteiger partial charge in [-0.1, -0.05) is 54.6 Å². The lowest BCUT2D eigenvalue weighted by molar-refractivity contribution is -0.0437. The average Bonchev–Trinajstić information content (AvgIpc) is 3.24. The Hall–Kier alpha value is -4.48. The Balaban J connectivity index is 1.55. The first-order chi connectivity index (χ1) is 17.1. The smallest absolute Gasteiger partial charge is 0.338 e. The first-order valence-electron chi connectivity index (χ1n) is 10.9. The van der Waals surface area contributed by atoms with Crippen molar-refractivity contribution >= 4 is 17.9 Å². The fourth-order valence-corrected chi connectivity index (χ4v) is 3.58. The quantitative estimate of drug-likeness (QED) is 0.380. The number of nitriles is 1. The number of hydrogen-bond acceptors (Lipinski definition) is 8. The molecule has 0 unspecified atom stereocenters. The van der Waals surface area contributed by atoms with E-state index in [9.17, 15) is 19.6 Å². The molecule has 8 nitrogen and oxygen atoms in total. The predicted molar refractivity (Wildman–Crippen MR) is 122 cm³/mol. The molecule has 4 atom stereocenters. The summed E-state index contributed by atoms with van der Waals surface area (Å²) in [6, 6.07) is 26.7. The first-order valence-corrected chi connectivity index (χ1v) is 10.9. The van der Waals surface area contributed by atoms with Gasteiger partial charge in [0.25, 0.3) is 0 Å². The van der Waals surface area contributed by atoms with Crippen LogP contribution in [0.1, 0.15) is 31.1 Å². The maximum Gasteiger partial charge on any atom is 0.338 e. The summed E-state index contributed by atoms with van der Waals surface area (Å²) in [4.78, 5) is 37.9. The summed E-state index contributed by atoms with van der Waals surface area (Å²) >= 11 is 0. The second-order valence-electron chi connectivity index (χ2n) is 7.66. The highest BCUT2D eigenvalue weighted by atomic mass is 16.6. The van der Waals surface area contributed by atoms with Gasteiger partial charge < -0.3 is 18.9 Å². The third kappa shape index (κ3) is 5.72. The number of carbonyl (C=O) groups excluding carboxylic acids is 3. The Bertz CT molecular complexity index is 1210. The molecule has 0 N–H and O–H groups in total. The van der Waals surface area contributed by atoms with Crippen LogP contribution in [-0.4, -0.2) is 48.9 Å². The Labute approximate surface area is 201 Å². The van der Waals surface area contributed by atoms with Crippen LogP contribution in [0.2, 0.25) is 0 Å². The van der Waals surface area contributed by atoms with Crippen LogP contribution < -0.4 is 0 Å². The van der Waals surface area contributed by atoms with E-state index in [0.717, 1.165) is 0 Å². The molecule has 0 radical (unpaired) electrons. The largest absolute Gasteiger partial charge is 0.459 e. The molecule has 3 aromatic carbocycles. The van der Waals surface area contributed by atoms with Crippen LogP contribution in [0.4, 0.5) is 0 Å². The van der Waals surface area contributed by atoms with E-state index >= 15 is 0 Å². The second kappa shape index (κ2) is 11.1. The van der Waals surface area contributed by atoms with Crippen molar-refractivity contribution in [2.75, 3.05) is 6.61 Å². The molecule has 3 aromatic rings. The van der Waals surface area contributed by atoms with Crippen LogP contribution in [0.15, 0.2) is 91.0 Å². The summed E-state index contributed by atoms with van der Waals surface area (Å²) in [5.74, 6) is -2.01. The van der Waals surface area contributed by atoms with Crippen molar-refractivity contribution in [3.05, 3.63) is 108 Å². The molecule has 1 aliphatic heterocycles. The van der Waals surface area contributed by atoms with Gasteiger partial charge in [-0.15, -0.1) is 0 Å². The van der Waals surface area contributed by atoms with Gasteiger partial charge in [0.1, 0.15) is 12.7 Å². The summed E-state index contributed by atoms with van der Waals surface area (Å²) < 4.78 is 22.3. The minimum atomic E-state index is -1.24. The van der Waals surface area contributed by atoms with Gasteiger partial charge in [0.05, 0.1) is 22.8 Å². The standard InChI is InChI=1S/C27H21NO7/c28-16-21-23(34-26(30)19-12-6-2-7-13-19)24(35-27(31)20-14-8-3-9-15-20)22(33-21)17-32-25(29)18-10-4-1-5-11-18/h1-15,21-24H,17H2/t21-,22-,23-,24-/m1/s1. The highest BCUT2D eigenvalue weighted by Crippen LogP contribution is 2.29. The van der Waals surface area contributed by atoms with Crippen LogP contribution in [0.5, 0.6) is 0 Å². The second-order valence-corrected chi connectivity index (χ2v) is 7.66. The predicted octanol–water partition coefficient (Wildman–Crippen LogP) is 3.59. The molecular formula is C27H21NO7. The molecule has 1 aliphatic rings. The maximum atomic E-state index is 12.8. The highest BCUT2D eigenvalue weighted by molar-refractivity contribution is 5.91. The molecule has 4 rings (SSSR count). The van der Waals surface area contributed by atoms with Crippen LogP contribution >= 0.6 is 0 Å². The first kappa shape index (κ1) is 23.7. The summed E-state index contributed by atoms with van der Waals surface area (Å²) in [5.41, 5.74) is 0.851. The highest BCUT2D eigenvalue weighted by Gasteiger charge is 2.50. The lowest BCUT2D eigenvalue weighted by atomic mass is 10.1. The Morgan fingerprint density at radius 3 is 1.57 bits per heavy atom. The molecule has 1 fully saturated rings. The van der Waals surface area contributed by atoms with Crippen LogP contribution in [0.25, 0.3) is 0 Å². The van der Waals surface area contributed by atoms with Crippen molar-refractivity contribution in [3.8, 4) is 6.07 Å². The number of ether oxygens (including phenoxy) is 4. The molecule has 0 amide bonds. The lowest BCUT2D eigenvalue weighted by Gasteiger charge is -2.23. The van der Waals surface area contributed by atoms with Gasteiger partial charge in [0.2, 0.25) is 0 Å². The third-order valence-electron chi connectivity index (χ3n) is 5.33. The zero-order valence-electron chi connectivity index (χ0n) is 18.5. The fourth-order valence-electron chi connectivity index (χ4n) is 3.58. The van der Waals surface area contributed by atoms with E-state index in [4.69, 9.17) is 18.9 Å². The minimum Gasteiger partial charge on any atom is -0.459 e. The molecule has 0 bridgehead atoms. The van der Waals surface area contributed by atoms with Gasteiger partial charge in [-0.2, -0.15) is 5.26 Å². The maximum absolute atomic E-state index is 12.8. The van der Waals surface area contributed by atoms with Crippen molar-refractivity contribution in [2.24, 2.45) is 0 Å². The fraction of sp³-hybridized carbons (Fsp3) is 0.185. The Morgan fingerprint density at radius 2 is 1.11 bits per heavy atom. The summed E-state index contributed by atoms with van der Waals surface area (Å²) in [6.07, 6.45) is -4.70. The normalized spacial score (nSPS) is 20.9. The lowest BCUT2D eigenvalue weighted by Crippen LogP contribution is -2.41. The zero-order valence-corrected chi connectivity index (χ0v) is 18.5. The van der Waals surface area contributed by atoms with Crippen molar-refractivity contribution in [1.82, 2.24) is 0 Å². The van der Waals surface area contributed by atoms with E-state index in [1.54, 1.807) is 91.0 Å². The summed E-state index contributed by atoms with van der Waals surface area (Å²) in [7, 11) is 0. The number of esters is 3. The van der Waals surface area contributed by atoms with E-state index < -0.39 is 42.3 Å². The molecule has 1 saturated heterocycles. The van der Waals surface area contributed by atoms with Gasteiger partial charge in [0.15, 0.2) is 18.3 Å². The molecule has 0 aliphatic carbocycles. The number of benzene rings is 3.